The van der Waals surface area contributed by atoms with Gasteiger partial charge in [-0.1, -0.05) is 23.8 Å². The number of aromatic nitrogens is 5. The fraction of sp³-hybridized carbons (Fsp3) is 0.333. The van der Waals surface area contributed by atoms with Crippen LogP contribution in [0.1, 0.15) is 6.42 Å². The molecule has 2 aliphatic rings. The van der Waals surface area contributed by atoms with Crippen LogP contribution in [0.2, 0.25) is 5.02 Å². The molecule has 4 N–H and O–H groups in total. The number of aromatic amines is 1. The van der Waals surface area contributed by atoms with E-state index in [1.807, 2.05) is 13.2 Å². The Morgan fingerprint density at radius 1 is 1.37 bits per heavy atom. The minimum Gasteiger partial charge on any atom is -0.378 e. The molecule has 27 heavy (non-hydrogen) atoms. The van der Waals surface area contributed by atoms with Crippen molar-refractivity contribution in [2.24, 2.45) is 30.5 Å². The Labute approximate surface area is 159 Å². The van der Waals surface area contributed by atoms with E-state index in [0.717, 1.165) is 12.0 Å². The molecule has 3 aromatic rings. The van der Waals surface area contributed by atoms with Gasteiger partial charge in [-0.15, -0.1) is 0 Å². The number of pyridine rings is 1. The summed E-state index contributed by atoms with van der Waals surface area (Å²) < 4.78 is 1.71. The highest BCUT2D eigenvalue weighted by atomic mass is 35.5. The number of allylic oxidation sites excluding steroid dienone is 1. The molecule has 1 saturated carbocycles. The number of carbonyl (C=O) groups is 1. The van der Waals surface area contributed by atoms with Gasteiger partial charge in [0.2, 0.25) is 5.91 Å². The van der Waals surface area contributed by atoms with E-state index in [0.29, 0.717) is 27.7 Å². The summed E-state index contributed by atoms with van der Waals surface area (Å²) in [6.45, 7) is 0. The van der Waals surface area contributed by atoms with Crippen LogP contribution in [0.25, 0.3) is 22.6 Å². The first-order valence-corrected chi connectivity index (χ1v) is 9.16. The maximum absolute atomic E-state index is 12.0. The van der Waals surface area contributed by atoms with Crippen LogP contribution in [0, 0.1) is 17.8 Å². The molecule has 1 fully saturated rings. The second kappa shape index (κ2) is 5.82. The standard InChI is InChI=1S/C18H18ClN7O/c1-26-7-10(5-22-26)17-24-15-14(11(19)6-21-18(15)25-17)23-13-9-3-2-8(4-9)12(13)16(20)27/h2-3,5-9,12-13H,4H2,1H3,(H2,20,27)(H2,21,23,24,25)/t8-,9-,12+,13-/m1/s1. The number of H-pyrrole nitrogens is 1. The highest BCUT2D eigenvalue weighted by Gasteiger charge is 2.47. The van der Waals surface area contributed by atoms with Gasteiger partial charge in [-0.25, -0.2) is 9.97 Å². The van der Waals surface area contributed by atoms with E-state index in [2.05, 4.69) is 37.5 Å². The molecule has 3 heterocycles. The Kier molecular flexibility index (Phi) is 3.51. The number of anilines is 1. The summed E-state index contributed by atoms with van der Waals surface area (Å²) in [6, 6.07) is -0.0919. The normalized spacial score (nSPS) is 26.1. The third-order valence-corrected chi connectivity index (χ3v) is 5.84. The lowest BCUT2D eigenvalue weighted by Crippen LogP contribution is -2.41. The minimum absolute atomic E-state index is 0.0919. The number of nitrogens with zero attached hydrogens (tertiary/aromatic N) is 4. The van der Waals surface area contributed by atoms with Gasteiger partial charge < -0.3 is 16.0 Å². The topological polar surface area (TPSA) is 115 Å². The maximum Gasteiger partial charge on any atom is 0.223 e. The molecule has 5 rings (SSSR count). The lowest BCUT2D eigenvalue weighted by atomic mass is 9.88. The number of imidazole rings is 1. The van der Waals surface area contributed by atoms with Gasteiger partial charge in [-0.3, -0.25) is 9.48 Å². The van der Waals surface area contributed by atoms with Gasteiger partial charge in [0.1, 0.15) is 11.3 Å². The summed E-state index contributed by atoms with van der Waals surface area (Å²) in [6.07, 6.45) is 10.4. The summed E-state index contributed by atoms with van der Waals surface area (Å²) >= 11 is 6.45. The van der Waals surface area contributed by atoms with E-state index < -0.39 is 0 Å². The van der Waals surface area contributed by atoms with Crippen molar-refractivity contribution in [3.8, 4) is 11.4 Å². The number of nitrogens with two attached hydrogens (primary N) is 1. The smallest absolute Gasteiger partial charge is 0.223 e. The molecule has 138 valence electrons. The highest BCUT2D eigenvalue weighted by molar-refractivity contribution is 6.34. The third kappa shape index (κ3) is 2.51. The predicted molar refractivity (Wildman–Crippen MR) is 102 cm³/mol. The van der Waals surface area contributed by atoms with Crippen LogP contribution in [-0.4, -0.2) is 36.7 Å². The number of aryl methyl sites for hydroxylation is 1. The third-order valence-electron chi connectivity index (χ3n) is 5.55. The number of rotatable bonds is 4. The lowest BCUT2D eigenvalue weighted by Gasteiger charge is -2.28. The number of hydrogen-bond acceptors (Lipinski definition) is 5. The second-order valence-corrected chi connectivity index (χ2v) is 7.62. The number of amides is 1. The van der Waals surface area contributed by atoms with E-state index in [1.54, 1.807) is 17.1 Å². The molecule has 1 amide bonds. The first-order chi connectivity index (χ1) is 13.0. The number of nitrogens with one attached hydrogen (secondary N) is 2. The molecule has 0 aromatic carbocycles. The van der Waals surface area contributed by atoms with Gasteiger partial charge in [0, 0.05) is 19.3 Å². The monoisotopic (exact) mass is 383 g/mol. The van der Waals surface area contributed by atoms with E-state index in [9.17, 15) is 4.79 Å². The molecule has 0 unspecified atom stereocenters. The highest BCUT2D eigenvalue weighted by Crippen LogP contribution is 2.46. The van der Waals surface area contributed by atoms with Crippen molar-refractivity contribution in [2.45, 2.75) is 12.5 Å². The van der Waals surface area contributed by atoms with Crippen LogP contribution in [0.3, 0.4) is 0 Å². The Morgan fingerprint density at radius 2 is 2.19 bits per heavy atom. The van der Waals surface area contributed by atoms with Crippen molar-refractivity contribution in [3.05, 3.63) is 35.8 Å². The fourth-order valence-electron chi connectivity index (χ4n) is 4.33. The zero-order valence-electron chi connectivity index (χ0n) is 14.6. The number of carbonyl (C=O) groups excluding carboxylic acids is 1. The summed E-state index contributed by atoms with van der Waals surface area (Å²) in [7, 11) is 1.85. The molecule has 4 atom stereocenters. The summed E-state index contributed by atoms with van der Waals surface area (Å²) in [4.78, 5) is 24.2. The molecule has 0 saturated heterocycles. The molecule has 9 heteroatoms. The van der Waals surface area contributed by atoms with Gasteiger partial charge in [-0.05, 0) is 18.3 Å². The Balaban J connectivity index is 1.56. The molecular weight excluding hydrogens is 366 g/mol. The Bertz CT molecular complexity index is 1080. The largest absolute Gasteiger partial charge is 0.378 e. The van der Waals surface area contributed by atoms with Crippen molar-refractivity contribution in [2.75, 3.05) is 5.32 Å². The molecule has 3 aromatic heterocycles. The predicted octanol–water partition coefficient (Wildman–Crippen LogP) is 2.10. The van der Waals surface area contributed by atoms with Crippen LogP contribution < -0.4 is 11.1 Å². The van der Waals surface area contributed by atoms with Crippen molar-refractivity contribution in [1.82, 2.24) is 24.7 Å². The van der Waals surface area contributed by atoms with Crippen molar-refractivity contribution < 1.29 is 4.79 Å². The van der Waals surface area contributed by atoms with Gasteiger partial charge in [0.25, 0.3) is 0 Å². The number of primary amides is 1. The first kappa shape index (κ1) is 16.3. The van der Waals surface area contributed by atoms with Crippen molar-refractivity contribution in [3.63, 3.8) is 0 Å². The molecular formula is C18H18ClN7O. The van der Waals surface area contributed by atoms with Crippen LogP contribution >= 0.6 is 11.6 Å². The van der Waals surface area contributed by atoms with E-state index in [-0.39, 0.29) is 29.7 Å². The Hall–Kier alpha value is -2.87. The Morgan fingerprint density at radius 3 is 2.93 bits per heavy atom. The van der Waals surface area contributed by atoms with Gasteiger partial charge in [-0.2, -0.15) is 5.10 Å². The van der Waals surface area contributed by atoms with E-state index >= 15 is 0 Å². The van der Waals surface area contributed by atoms with Crippen LogP contribution in [0.4, 0.5) is 5.69 Å². The summed E-state index contributed by atoms with van der Waals surface area (Å²) in [5, 5.41) is 8.12. The zero-order valence-corrected chi connectivity index (χ0v) is 15.3. The SMILES string of the molecule is Cn1cc(-c2nc3ncc(Cl)c(N[C@H]4[C@@H](C(N)=O)[C@@H]5C=C[C@@H]4C5)c3[nH]2)cn1. The molecule has 8 nitrogen and oxygen atoms in total. The van der Waals surface area contributed by atoms with E-state index in [4.69, 9.17) is 17.3 Å². The van der Waals surface area contributed by atoms with Crippen molar-refractivity contribution >= 4 is 34.4 Å². The molecule has 0 aliphatic heterocycles. The zero-order chi connectivity index (χ0) is 18.7. The van der Waals surface area contributed by atoms with Crippen LogP contribution in [-0.2, 0) is 11.8 Å². The van der Waals surface area contributed by atoms with E-state index in [1.165, 1.54) is 0 Å². The quantitative estimate of drug-likeness (QED) is 0.597. The molecule has 0 spiro atoms. The summed E-state index contributed by atoms with van der Waals surface area (Å²) in [5.41, 5.74) is 8.48. The average molecular weight is 384 g/mol. The second-order valence-electron chi connectivity index (χ2n) is 7.21. The van der Waals surface area contributed by atoms with Gasteiger partial charge >= 0.3 is 0 Å². The molecule has 0 radical (unpaired) electrons. The molecule has 2 aliphatic carbocycles. The molecule has 2 bridgehead atoms. The fourth-order valence-corrected chi connectivity index (χ4v) is 4.53. The number of hydrogen-bond donors (Lipinski definition) is 3. The van der Waals surface area contributed by atoms with Gasteiger partial charge in [0.15, 0.2) is 5.65 Å². The maximum atomic E-state index is 12.0. The summed E-state index contributed by atoms with van der Waals surface area (Å²) in [5.74, 6) is 0.572. The lowest BCUT2D eigenvalue weighted by molar-refractivity contribution is -0.122. The minimum atomic E-state index is -0.286. The number of halogens is 1. The van der Waals surface area contributed by atoms with Crippen LogP contribution in [0.5, 0.6) is 0 Å². The van der Waals surface area contributed by atoms with Crippen molar-refractivity contribution in [1.29, 1.82) is 0 Å². The first-order valence-electron chi connectivity index (χ1n) is 8.78. The van der Waals surface area contributed by atoms with Gasteiger partial charge in [0.05, 0.1) is 34.6 Å². The van der Waals surface area contributed by atoms with Crippen LogP contribution in [0.15, 0.2) is 30.7 Å². The average Bonchev–Trinajstić information content (AvgIpc) is 3.39. The number of fused-ring (bicyclic) bond motifs is 3.